The molecule has 1 aromatic rings. The number of ether oxygens (including phenoxy) is 1. The summed E-state index contributed by atoms with van der Waals surface area (Å²) in [6.07, 6.45) is -5.46. The Hall–Kier alpha value is -2.53. The van der Waals surface area contributed by atoms with Gasteiger partial charge in [0.1, 0.15) is 5.78 Å². The number of ketones is 1. The Morgan fingerprint density at radius 1 is 1.31 bits per heavy atom. The van der Waals surface area contributed by atoms with E-state index >= 15 is 0 Å². The van der Waals surface area contributed by atoms with Gasteiger partial charge in [-0.2, -0.15) is 13.2 Å². The highest BCUT2D eigenvalue weighted by Gasteiger charge is 2.63. The Kier molecular flexibility index (Phi) is 5.63. The van der Waals surface area contributed by atoms with Crippen LogP contribution in [0.1, 0.15) is 44.6 Å². The molecule has 0 unspecified atom stereocenters. The van der Waals surface area contributed by atoms with Gasteiger partial charge in [0, 0.05) is 35.8 Å². The molecular formula is C20H17ClF3NO4. The minimum Gasteiger partial charge on any atom is -0.414 e. The number of carbonyl (C=O) groups is 3. The molecule has 1 atom stereocenters. The number of fused-ring (bicyclic) bond motifs is 1. The van der Waals surface area contributed by atoms with E-state index in [0.29, 0.717) is 17.7 Å². The molecule has 0 N–H and O–H groups in total. The van der Waals surface area contributed by atoms with Crippen LogP contribution in [0.4, 0.5) is 23.7 Å². The highest BCUT2D eigenvalue weighted by Crippen LogP contribution is 2.50. The van der Waals surface area contributed by atoms with E-state index in [0.717, 1.165) is 12.1 Å². The lowest BCUT2D eigenvalue weighted by molar-refractivity contribution is -0.240. The van der Waals surface area contributed by atoms with Crippen LogP contribution in [-0.4, -0.2) is 24.0 Å². The molecular weight excluding hydrogens is 411 g/mol. The van der Waals surface area contributed by atoms with Gasteiger partial charge in [0.2, 0.25) is 5.91 Å². The molecule has 0 bridgehead atoms. The largest absolute Gasteiger partial charge is 0.445 e. The van der Waals surface area contributed by atoms with Crippen LogP contribution in [0.5, 0.6) is 0 Å². The summed E-state index contributed by atoms with van der Waals surface area (Å²) in [7, 11) is 0. The number of nitrogens with zero attached hydrogens (tertiary/aromatic N) is 1. The van der Waals surface area contributed by atoms with Crippen LogP contribution in [0.25, 0.3) is 0 Å². The predicted octanol–water partition coefficient (Wildman–Crippen LogP) is 4.75. The summed E-state index contributed by atoms with van der Waals surface area (Å²) in [5.74, 6) is 3.37. The SMILES string of the molecule is CCC(=O)CCC(=O)N1C(=O)O[C@](C#CC2CC2)(C(F)(F)F)c2cc(Cl)ccc21. The number of amides is 2. The van der Waals surface area contributed by atoms with Gasteiger partial charge in [0.25, 0.3) is 5.60 Å². The molecule has 0 saturated heterocycles. The van der Waals surface area contributed by atoms with Crippen LogP contribution < -0.4 is 4.90 Å². The van der Waals surface area contributed by atoms with Crippen LogP contribution in [0, 0.1) is 17.8 Å². The van der Waals surface area contributed by atoms with Crippen molar-refractivity contribution in [3.63, 3.8) is 0 Å². The number of alkyl halides is 3. The number of hydrogen-bond donors (Lipinski definition) is 0. The third kappa shape index (κ3) is 4.10. The average Bonchev–Trinajstić information content (AvgIpc) is 3.47. The summed E-state index contributed by atoms with van der Waals surface area (Å²) >= 11 is 5.91. The molecule has 29 heavy (non-hydrogen) atoms. The van der Waals surface area contributed by atoms with Crippen molar-refractivity contribution >= 4 is 35.1 Å². The molecule has 5 nitrogen and oxygen atoms in total. The van der Waals surface area contributed by atoms with Crippen molar-refractivity contribution in [3.8, 4) is 11.8 Å². The molecule has 1 aliphatic heterocycles. The second kappa shape index (κ2) is 7.71. The molecule has 1 fully saturated rings. The van der Waals surface area contributed by atoms with Crippen molar-refractivity contribution in [2.75, 3.05) is 4.90 Å². The Morgan fingerprint density at radius 3 is 2.59 bits per heavy atom. The van der Waals surface area contributed by atoms with E-state index in [1.807, 2.05) is 0 Å². The number of halogens is 4. The minimum atomic E-state index is -5.06. The maximum absolute atomic E-state index is 14.1. The van der Waals surface area contributed by atoms with E-state index in [1.54, 1.807) is 6.92 Å². The lowest BCUT2D eigenvalue weighted by atomic mass is 9.89. The van der Waals surface area contributed by atoms with E-state index < -0.39 is 29.3 Å². The quantitative estimate of drug-likeness (QED) is 0.650. The molecule has 154 valence electrons. The third-order valence-electron chi connectivity index (χ3n) is 4.69. The van der Waals surface area contributed by atoms with Crippen LogP contribution in [-0.2, 0) is 19.9 Å². The van der Waals surface area contributed by atoms with Gasteiger partial charge in [0.15, 0.2) is 0 Å². The molecule has 0 aromatic heterocycles. The van der Waals surface area contributed by atoms with Crippen molar-refractivity contribution in [1.82, 2.24) is 0 Å². The standard InChI is InChI=1S/C20H17ClF3NO4/c1-2-14(26)6-8-17(27)25-16-7-5-13(21)11-15(16)19(20(22,23)24,29-18(25)28)10-9-12-3-4-12/h5,7,11-12H,2-4,6,8H2,1H3/t19-/m0/s1. The Balaban J connectivity index is 2.09. The Morgan fingerprint density at radius 2 is 2.00 bits per heavy atom. The number of anilines is 1. The molecule has 1 saturated carbocycles. The Bertz CT molecular complexity index is 930. The first-order valence-corrected chi connectivity index (χ1v) is 9.44. The maximum atomic E-state index is 14.1. The zero-order valence-electron chi connectivity index (χ0n) is 15.4. The lowest BCUT2D eigenvalue weighted by Gasteiger charge is -2.39. The van der Waals surface area contributed by atoms with Gasteiger partial charge < -0.3 is 4.74 Å². The molecule has 3 rings (SSSR count). The fraction of sp³-hybridized carbons (Fsp3) is 0.450. The van der Waals surface area contributed by atoms with Crippen molar-refractivity contribution < 1.29 is 32.3 Å². The van der Waals surface area contributed by atoms with E-state index in [9.17, 15) is 27.6 Å². The van der Waals surface area contributed by atoms with Crippen molar-refractivity contribution in [1.29, 1.82) is 0 Å². The molecule has 1 aliphatic carbocycles. The molecule has 2 aliphatic rings. The molecule has 2 amide bonds. The highest BCUT2D eigenvalue weighted by molar-refractivity contribution is 6.31. The zero-order chi connectivity index (χ0) is 21.4. The average molecular weight is 428 g/mol. The number of carbonyl (C=O) groups excluding carboxylic acids is 3. The van der Waals surface area contributed by atoms with E-state index in [4.69, 9.17) is 16.3 Å². The minimum absolute atomic E-state index is 0.0305. The first-order valence-electron chi connectivity index (χ1n) is 9.06. The van der Waals surface area contributed by atoms with Gasteiger partial charge in [-0.25, -0.2) is 9.69 Å². The number of Topliss-reactive ketones (excluding diaryl/α,β-unsaturated/α-hetero) is 1. The van der Waals surface area contributed by atoms with Gasteiger partial charge in [-0.05, 0) is 37.0 Å². The van der Waals surface area contributed by atoms with Gasteiger partial charge in [-0.3, -0.25) is 9.59 Å². The van der Waals surface area contributed by atoms with Crippen molar-refractivity contribution in [3.05, 3.63) is 28.8 Å². The van der Waals surface area contributed by atoms with Gasteiger partial charge in [-0.15, -0.1) is 0 Å². The molecule has 9 heteroatoms. The first-order chi connectivity index (χ1) is 13.6. The van der Waals surface area contributed by atoms with Crippen molar-refractivity contribution in [2.45, 2.75) is 50.8 Å². The van der Waals surface area contributed by atoms with E-state index in [1.165, 1.54) is 6.07 Å². The summed E-state index contributed by atoms with van der Waals surface area (Å²) in [4.78, 5) is 37.1. The monoisotopic (exact) mass is 427 g/mol. The van der Waals surface area contributed by atoms with E-state index in [2.05, 4.69) is 11.8 Å². The maximum Gasteiger partial charge on any atom is 0.445 e. The second-order valence-corrected chi connectivity index (χ2v) is 7.31. The topological polar surface area (TPSA) is 63.7 Å². The summed E-state index contributed by atoms with van der Waals surface area (Å²) in [5, 5.41) is -0.0305. The fourth-order valence-corrected chi connectivity index (χ4v) is 3.06. The molecule has 0 spiro atoms. The summed E-state index contributed by atoms with van der Waals surface area (Å²) < 4.78 is 47.1. The first kappa shape index (κ1) is 21.2. The lowest BCUT2D eigenvalue weighted by Crippen LogP contribution is -2.54. The smallest absolute Gasteiger partial charge is 0.414 e. The van der Waals surface area contributed by atoms with Gasteiger partial charge in [-0.1, -0.05) is 24.4 Å². The number of cyclic esters (lactones) is 1. The molecule has 0 radical (unpaired) electrons. The summed E-state index contributed by atoms with van der Waals surface area (Å²) in [6, 6.07) is 3.42. The van der Waals surface area contributed by atoms with Crippen LogP contribution in [0.3, 0.4) is 0 Å². The number of benzene rings is 1. The van der Waals surface area contributed by atoms with E-state index in [-0.39, 0.29) is 41.7 Å². The number of imide groups is 1. The number of rotatable bonds is 4. The Labute approximate surface area is 170 Å². The number of hydrogen-bond acceptors (Lipinski definition) is 4. The van der Waals surface area contributed by atoms with Crippen LogP contribution in [0.15, 0.2) is 18.2 Å². The van der Waals surface area contributed by atoms with Crippen LogP contribution >= 0.6 is 11.6 Å². The highest BCUT2D eigenvalue weighted by atomic mass is 35.5. The summed E-state index contributed by atoms with van der Waals surface area (Å²) in [5.41, 5.74) is -4.05. The molecule has 1 aromatic carbocycles. The zero-order valence-corrected chi connectivity index (χ0v) is 16.2. The predicted molar refractivity (Wildman–Crippen MR) is 98.2 cm³/mol. The molecule has 1 heterocycles. The van der Waals surface area contributed by atoms with Crippen molar-refractivity contribution in [2.24, 2.45) is 5.92 Å². The third-order valence-corrected chi connectivity index (χ3v) is 4.93. The second-order valence-electron chi connectivity index (χ2n) is 6.87. The normalized spacial score (nSPS) is 21.0. The van der Waals surface area contributed by atoms with Gasteiger partial charge in [0.05, 0.1) is 5.69 Å². The fourth-order valence-electron chi connectivity index (χ4n) is 2.89. The summed E-state index contributed by atoms with van der Waals surface area (Å²) in [6.45, 7) is 1.62. The van der Waals surface area contributed by atoms with Gasteiger partial charge >= 0.3 is 12.3 Å². The van der Waals surface area contributed by atoms with Crippen LogP contribution in [0.2, 0.25) is 5.02 Å².